The summed E-state index contributed by atoms with van der Waals surface area (Å²) in [5, 5.41) is 6.35. The molecule has 2 atom stereocenters. The lowest BCUT2D eigenvalue weighted by atomic mass is 9.97. The lowest BCUT2D eigenvalue weighted by Gasteiger charge is -2.19. The van der Waals surface area contributed by atoms with E-state index in [0.717, 1.165) is 31.9 Å². The van der Waals surface area contributed by atoms with Gasteiger partial charge >= 0.3 is 0 Å². The first-order valence-corrected chi connectivity index (χ1v) is 7.60. The third kappa shape index (κ3) is 2.80. The average molecular weight is 273 g/mol. The summed E-state index contributed by atoms with van der Waals surface area (Å²) >= 11 is 0. The zero-order chi connectivity index (χ0) is 13.9. The van der Waals surface area contributed by atoms with Crippen molar-refractivity contribution in [1.29, 1.82) is 0 Å². The maximum absolute atomic E-state index is 12.3. The standard InChI is InChI=1S/C16H23N3O/c1-12-10-17-11-15(12)16(20)18-13-5-4-6-14(9-13)19-7-2-3-8-19/h4-6,9,12,15,17H,2-3,7-8,10-11H2,1H3,(H,18,20). The molecule has 2 fully saturated rings. The number of carbonyl (C=O) groups excluding carboxylic acids is 1. The Morgan fingerprint density at radius 1 is 1.30 bits per heavy atom. The highest BCUT2D eigenvalue weighted by atomic mass is 16.1. The van der Waals surface area contributed by atoms with Crippen LogP contribution in [0.3, 0.4) is 0 Å². The Balaban J connectivity index is 1.67. The number of hydrogen-bond acceptors (Lipinski definition) is 3. The van der Waals surface area contributed by atoms with Gasteiger partial charge in [-0.15, -0.1) is 0 Å². The summed E-state index contributed by atoms with van der Waals surface area (Å²) in [5.74, 6) is 0.642. The molecule has 1 amide bonds. The maximum Gasteiger partial charge on any atom is 0.229 e. The van der Waals surface area contributed by atoms with Crippen LogP contribution in [0.15, 0.2) is 24.3 Å². The van der Waals surface area contributed by atoms with Crippen molar-refractivity contribution < 1.29 is 4.79 Å². The van der Waals surface area contributed by atoms with Gasteiger partial charge in [0.2, 0.25) is 5.91 Å². The Hall–Kier alpha value is -1.55. The molecule has 2 heterocycles. The third-order valence-electron chi connectivity index (χ3n) is 4.44. The van der Waals surface area contributed by atoms with Crippen molar-refractivity contribution in [2.24, 2.45) is 11.8 Å². The fourth-order valence-electron chi connectivity index (χ4n) is 3.15. The zero-order valence-electron chi connectivity index (χ0n) is 12.1. The molecule has 1 aromatic carbocycles. The molecule has 4 nitrogen and oxygen atoms in total. The molecule has 0 aliphatic carbocycles. The molecule has 20 heavy (non-hydrogen) atoms. The van der Waals surface area contributed by atoms with E-state index in [9.17, 15) is 4.79 Å². The summed E-state index contributed by atoms with van der Waals surface area (Å²) in [6, 6.07) is 8.22. The van der Waals surface area contributed by atoms with Crippen LogP contribution in [0.2, 0.25) is 0 Å². The van der Waals surface area contributed by atoms with E-state index < -0.39 is 0 Å². The molecule has 2 N–H and O–H groups in total. The van der Waals surface area contributed by atoms with E-state index in [1.807, 2.05) is 12.1 Å². The van der Waals surface area contributed by atoms with E-state index >= 15 is 0 Å². The minimum atomic E-state index is 0.0884. The number of anilines is 2. The number of carbonyl (C=O) groups is 1. The molecule has 0 aromatic heterocycles. The summed E-state index contributed by atoms with van der Waals surface area (Å²) in [4.78, 5) is 14.7. The van der Waals surface area contributed by atoms with Crippen molar-refractivity contribution in [2.45, 2.75) is 19.8 Å². The molecular formula is C16H23N3O. The Morgan fingerprint density at radius 3 is 2.80 bits per heavy atom. The Kier molecular flexibility index (Phi) is 3.92. The van der Waals surface area contributed by atoms with Crippen LogP contribution in [0.1, 0.15) is 19.8 Å². The minimum absolute atomic E-state index is 0.0884. The Bertz CT molecular complexity index is 482. The molecule has 1 aromatic rings. The second-order valence-corrected chi connectivity index (χ2v) is 5.98. The van der Waals surface area contributed by atoms with Crippen LogP contribution in [0.5, 0.6) is 0 Å². The van der Waals surface area contributed by atoms with E-state index in [-0.39, 0.29) is 11.8 Å². The highest BCUT2D eigenvalue weighted by Gasteiger charge is 2.29. The SMILES string of the molecule is CC1CNCC1C(=O)Nc1cccc(N2CCCC2)c1. The summed E-state index contributed by atoms with van der Waals surface area (Å²) in [5.41, 5.74) is 2.14. The molecule has 2 aliphatic rings. The Labute approximate surface area is 120 Å². The van der Waals surface area contributed by atoms with Crippen LogP contribution < -0.4 is 15.5 Å². The number of nitrogens with zero attached hydrogens (tertiary/aromatic N) is 1. The van der Waals surface area contributed by atoms with Crippen LogP contribution in [0, 0.1) is 11.8 Å². The van der Waals surface area contributed by atoms with Gasteiger partial charge in [-0.3, -0.25) is 4.79 Å². The first kappa shape index (κ1) is 13.4. The number of rotatable bonds is 3. The first-order valence-electron chi connectivity index (χ1n) is 7.60. The van der Waals surface area contributed by atoms with Crippen LogP contribution in [0.25, 0.3) is 0 Å². The molecule has 4 heteroatoms. The van der Waals surface area contributed by atoms with E-state index in [2.05, 4.69) is 34.6 Å². The second-order valence-electron chi connectivity index (χ2n) is 5.98. The maximum atomic E-state index is 12.3. The van der Waals surface area contributed by atoms with Crippen LogP contribution >= 0.6 is 0 Å². The highest BCUT2D eigenvalue weighted by Crippen LogP contribution is 2.24. The van der Waals surface area contributed by atoms with Crippen LogP contribution in [-0.2, 0) is 4.79 Å². The fraction of sp³-hybridized carbons (Fsp3) is 0.562. The minimum Gasteiger partial charge on any atom is -0.371 e. The molecule has 0 bridgehead atoms. The van der Waals surface area contributed by atoms with Crippen molar-refractivity contribution >= 4 is 17.3 Å². The van der Waals surface area contributed by atoms with Gasteiger partial charge in [0, 0.05) is 31.0 Å². The van der Waals surface area contributed by atoms with Crippen LogP contribution in [-0.4, -0.2) is 32.1 Å². The van der Waals surface area contributed by atoms with Gasteiger partial charge in [0.1, 0.15) is 0 Å². The monoisotopic (exact) mass is 273 g/mol. The van der Waals surface area contributed by atoms with Crippen molar-refractivity contribution in [2.75, 3.05) is 36.4 Å². The highest BCUT2D eigenvalue weighted by molar-refractivity contribution is 5.93. The van der Waals surface area contributed by atoms with Crippen molar-refractivity contribution in [3.8, 4) is 0 Å². The van der Waals surface area contributed by atoms with Crippen molar-refractivity contribution in [3.05, 3.63) is 24.3 Å². The van der Waals surface area contributed by atoms with Gasteiger partial charge in [-0.25, -0.2) is 0 Å². The lowest BCUT2D eigenvalue weighted by molar-refractivity contribution is -0.120. The van der Waals surface area contributed by atoms with Crippen molar-refractivity contribution in [3.63, 3.8) is 0 Å². The molecule has 2 aliphatic heterocycles. The van der Waals surface area contributed by atoms with E-state index in [1.165, 1.54) is 18.5 Å². The van der Waals surface area contributed by atoms with Crippen molar-refractivity contribution in [1.82, 2.24) is 5.32 Å². The molecule has 2 saturated heterocycles. The normalized spacial score (nSPS) is 25.9. The van der Waals surface area contributed by atoms with Gasteiger partial charge < -0.3 is 15.5 Å². The average Bonchev–Trinajstić information content (AvgIpc) is 3.09. The summed E-state index contributed by atoms with van der Waals surface area (Å²) in [7, 11) is 0. The van der Waals surface area contributed by atoms with Gasteiger partial charge in [0.05, 0.1) is 5.92 Å². The Morgan fingerprint density at radius 2 is 2.10 bits per heavy atom. The predicted octanol–water partition coefficient (Wildman–Crippen LogP) is 2.08. The van der Waals surface area contributed by atoms with E-state index in [1.54, 1.807) is 0 Å². The van der Waals surface area contributed by atoms with Gasteiger partial charge in [0.15, 0.2) is 0 Å². The van der Waals surface area contributed by atoms with Gasteiger partial charge in [-0.05, 0) is 43.5 Å². The van der Waals surface area contributed by atoms with E-state index in [0.29, 0.717) is 5.92 Å². The molecule has 0 saturated carbocycles. The van der Waals surface area contributed by atoms with Crippen LogP contribution in [0.4, 0.5) is 11.4 Å². The quantitative estimate of drug-likeness (QED) is 0.886. The van der Waals surface area contributed by atoms with Gasteiger partial charge in [-0.1, -0.05) is 13.0 Å². The smallest absolute Gasteiger partial charge is 0.229 e. The van der Waals surface area contributed by atoms with E-state index in [4.69, 9.17) is 0 Å². The molecule has 0 spiro atoms. The summed E-state index contributed by atoms with van der Waals surface area (Å²) in [6.07, 6.45) is 2.53. The number of nitrogens with one attached hydrogen (secondary N) is 2. The fourth-order valence-corrected chi connectivity index (χ4v) is 3.15. The molecule has 0 radical (unpaired) electrons. The second kappa shape index (κ2) is 5.83. The topological polar surface area (TPSA) is 44.4 Å². The zero-order valence-corrected chi connectivity index (χ0v) is 12.1. The summed E-state index contributed by atoms with van der Waals surface area (Å²) in [6.45, 7) is 6.11. The molecule has 3 rings (SSSR count). The molecular weight excluding hydrogens is 250 g/mol. The third-order valence-corrected chi connectivity index (χ3v) is 4.44. The largest absolute Gasteiger partial charge is 0.371 e. The lowest BCUT2D eigenvalue weighted by Crippen LogP contribution is -2.28. The number of benzene rings is 1. The number of amides is 1. The summed E-state index contributed by atoms with van der Waals surface area (Å²) < 4.78 is 0. The molecule has 2 unspecified atom stereocenters. The number of hydrogen-bond donors (Lipinski definition) is 2. The van der Waals surface area contributed by atoms with Gasteiger partial charge in [-0.2, -0.15) is 0 Å². The molecule has 108 valence electrons. The van der Waals surface area contributed by atoms with Gasteiger partial charge in [0.25, 0.3) is 0 Å². The first-order chi connectivity index (χ1) is 9.74. The predicted molar refractivity (Wildman–Crippen MR) is 82.0 cm³/mol.